The quantitative estimate of drug-likeness (QED) is 0.564. The first-order valence-electron chi connectivity index (χ1n) is 10.8. The van der Waals surface area contributed by atoms with E-state index in [9.17, 15) is 10.5 Å². The first-order chi connectivity index (χ1) is 15.7. The molecule has 1 saturated heterocycles. The lowest BCUT2D eigenvalue weighted by atomic mass is 9.99. The number of pyridine rings is 1. The van der Waals surface area contributed by atoms with Crippen molar-refractivity contribution >= 4 is 17.8 Å². The molecule has 1 aliphatic rings. The maximum atomic E-state index is 9.41. The van der Waals surface area contributed by atoms with E-state index in [0.29, 0.717) is 11.1 Å². The number of benzene rings is 2. The van der Waals surface area contributed by atoms with Gasteiger partial charge in [0.1, 0.15) is 0 Å². The number of anilines is 1. The van der Waals surface area contributed by atoms with Crippen molar-refractivity contribution in [1.29, 1.82) is 10.5 Å². The number of rotatable bonds is 5. The summed E-state index contributed by atoms with van der Waals surface area (Å²) in [6.07, 6.45) is 5.75. The Bertz CT molecular complexity index is 1180. The number of aromatic nitrogens is 1. The van der Waals surface area contributed by atoms with Gasteiger partial charge in [-0.2, -0.15) is 10.5 Å². The van der Waals surface area contributed by atoms with Gasteiger partial charge in [-0.05, 0) is 60.0 Å². The largest absolute Gasteiger partial charge is 0.369 e. The molecule has 2 aromatic carbocycles. The lowest BCUT2D eigenvalue weighted by molar-refractivity contribution is 0.247. The second-order valence-corrected chi connectivity index (χ2v) is 7.99. The predicted octanol–water partition coefficient (Wildman–Crippen LogP) is 4.63. The summed E-state index contributed by atoms with van der Waals surface area (Å²) in [5.41, 5.74) is 6.17. The van der Waals surface area contributed by atoms with E-state index in [0.717, 1.165) is 55.1 Å². The van der Waals surface area contributed by atoms with E-state index in [4.69, 9.17) is 0 Å². The summed E-state index contributed by atoms with van der Waals surface area (Å²) < 4.78 is 0. The van der Waals surface area contributed by atoms with Gasteiger partial charge >= 0.3 is 0 Å². The molecule has 32 heavy (non-hydrogen) atoms. The van der Waals surface area contributed by atoms with E-state index in [1.807, 2.05) is 37.4 Å². The molecular formula is C27H25N5. The molecular weight excluding hydrogens is 394 g/mol. The van der Waals surface area contributed by atoms with Gasteiger partial charge in [-0.1, -0.05) is 30.4 Å². The van der Waals surface area contributed by atoms with Crippen molar-refractivity contribution in [1.82, 2.24) is 9.88 Å². The Balaban J connectivity index is 1.38. The van der Waals surface area contributed by atoms with Crippen LogP contribution < -0.4 is 4.90 Å². The van der Waals surface area contributed by atoms with Gasteiger partial charge in [0, 0.05) is 44.6 Å². The molecule has 1 fully saturated rings. The van der Waals surface area contributed by atoms with E-state index in [-0.39, 0.29) is 0 Å². The maximum Gasteiger partial charge on any atom is 0.0998 e. The highest BCUT2D eigenvalue weighted by Crippen LogP contribution is 2.21. The van der Waals surface area contributed by atoms with Crippen molar-refractivity contribution < 1.29 is 0 Å². The number of hydrogen-bond donors (Lipinski definition) is 0. The molecule has 0 atom stereocenters. The summed E-state index contributed by atoms with van der Waals surface area (Å²) in [6, 6.07) is 22.5. The summed E-state index contributed by atoms with van der Waals surface area (Å²) in [7, 11) is 0. The normalized spacial score (nSPS) is 14.3. The van der Waals surface area contributed by atoms with Crippen LogP contribution in [0.4, 0.5) is 5.69 Å². The minimum Gasteiger partial charge on any atom is -0.369 e. The molecule has 1 aliphatic heterocycles. The molecule has 0 bridgehead atoms. The van der Waals surface area contributed by atoms with Crippen molar-refractivity contribution in [3.05, 3.63) is 94.3 Å². The Morgan fingerprint density at radius 2 is 1.66 bits per heavy atom. The third-order valence-corrected chi connectivity index (χ3v) is 5.84. The van der Waals surface area contributed by atoms with Gasteiger partial charge in [0.05, 0.1) is 29.0 Å². The third kappa shape index (κ3) is 5.03. The predicted molar refractivity (Wildman–Crippen MR) is 128 cm³/mol. The molecule has 1 aromatic heterocycles. The minimum absolute atomic E-state index is 0.581. The molecule has 5 heteroatoms. The molecule has 3 aromatic rings. The molecule has 158 valence electrons. The number of hydrogen-bond acceptors (Lipinski definition) is 5. The second kappa shape index (κ2) is 9.92. The van der Waals surface area contributed by atoms with Gasteiger partial charge in [-0.3, -0.25) is 9.88 Å². The van der Waals surface area contributed by atoms with Gasteiger partial charge < -0.3 is 4.90 Å². The Labute approximate surface area is 189 Å². The zero-order valence-electron chi connectivity index (χ0n) is 18.2. The average Bonchev–Trinajstić information content (AvgIpc) is 2.84. The van der Waals surface area contributed by atoms with Crippen LogP contribution in [0.5, 0.6) is 0 Å². The van der Waals surface area contributed by atoms with E-state index >= 15 is 0 Å². The molecule has 0 saturated carbocycles. The minimum atomic E-state index is 0.581. The SMILES string of the molecule is Cc1cc(C#N)c(/C=C/c2ccc(N3CCN(Cc4ccccn4)CC3)cc2)cc1C#N. The van der Waals surface area contributed by atoms with Crippen LogP contribution in [0, 0.1) is 29.6 Å². The first kappa shape index (κ1) is 21.3. The van der Waals surface area contributed by atoms with Gasteiger partial charge in [-0.15, -0.1) is 0 Å². The topological polar surface area (TPSA) is 67.0 Å². The Morgan fingerprint density at radius 3 is 2.31 bits per heavy atom. The highest BCUT2D eigenvalue weighted by atomic mass is 15.3. The zero-order valence-corrected chi connectivity index (χ0v) is 18.2. The lowest BCUT2D eigenvalue weighted by Gasteiger charge is -2.36. The van der Waals surface area contributed by atoms with E-state index < -0.39 is 0 Å². The van der Waals surface area contributed by atoms with Crippen LogP contribution in [0.1, 0.15) is 33.5 Å². The number of piperazine rings is 1. The molecule has 0 unspecified atom stereocenters. The Morgan fingerprint density at radius 1 is 0.906 bits per heavy atom. The van der Waals surface area contributed by atoms with E-state index in [1.165, 1.54) is 5.69 Å². The highest BCUT2D eigenvalue weighted by molar-refractivity contribution is 5.74. The second-order valence-electron chi connectivity index (χ2n) is 7.99. The molecule has 0 N–H and O–H groups in total. The lowest BCUT2D eigenvalue weighted by Crippen LogP contribution is -2.46. The number of aryl methyl sites for hydroxylation is 1. The number of nitrogens with zero attached hydrogens (tertiary/aromatic N) is 5. The van der Waals surface area contributed by atoms with Gasteiger partial charge in [0.25, 0.3) is 0 Å². The Hall–Kier alpha value is -3.93. The fourth-order valence-electron chi connectivity index (χ4n) is 3.95. The summed E-state index contributed by atoms with van der Waals surface area (Å²) in [4.78, 5) is 9.28. The first-order valence-corrected chi connectivity index (χ1v) is 10.8. The average molecular weight is 420 g/mol. The molecule has 2 heterocycles. The summed E-state index contributed by atoms with van der Waals surface area (Å²) in [5.74, 6) is 0. The molecule has 0 aliphatic carbocycles. The van der Waals surface area contributed by atoms with Crippen LogP contribution in [0.2, 0.25) is 0 Å². The highest BCUT2D eigenvalue weighted by Gasteiger charge is 2.17. The molecule has 5 nitrogen and oxygen atoms in total. The van der Waals surface area contributed by atoms with Crippen LogP contribution in [0.3, 0.4) is 0 Å². The molecule has 0 radical (unpaired) electrons. The Kier molecular flexibility index (Phi) is 6.60. The summed E-state index contributed by atoms with van der Waals surface area (Å²) in [6.45, 7) is 6.77. The monoisotopic (exact) mass is 419 g/mol. The molecule has 0 spiro atoms. The van der Waals surface area contributed by atoms with Crippen LogP contribution in [-0.4, -0.2) is 36.1 Å². The fourth-order valence-corrected chi connectivity index (χ4v) is 3.95. The van der Waals surface area contributed by atoms with Crippen LogP contribution >= 0.6 is 0 Å². The van der Waals surface area contributed by atoms with Crippen LogP contribution in [-0.2, 0) is 6.54 Å². The van der Waals surface area contributed by atoms with E-state index in [2.05, 4.69) is 57.3 Å². The van der Waals surface area contributed by atoms with Crippen molar-refractivity contribution in [3.8, 4) is 12.1 Å². The van der Waals surface area contributed by atoms with Crippen molar-refractivity contribution in [2.24, 2.45) is 0 Å². The molecule has 0 amide bonds. The maximum absolute atomic E-state index is 9.41. The van der Waals surface area contributed by atoms with Crippen LogP contribution in [0.15, 0.2) is 60.8 Å². The number of nitriles is 2. The van der Waals surface area contributed by atoms with Gasteiger partial charge in [-0.25, -0.2) is 0 Å². The van der Waals surface area contributed by atoms with Crippen LogP contribution in [0.25, 0.3) is 12.2 Å². The van der Waals surface area contributed by atoms with Crippen molar-refractivity contribution in [2.75, 3.05) is 31.1 Å². The fraction of sp³-hybridized carbons (Fsp3) is 0.222. The standard InChI is InChI=1S/C27H25N5/c1-21-16-25(19-29)23(17-24(21)18-28)8-5-22-6-9-27(10-7-22)32-14-12-31(13-15-32)20-26-4-2-3-11-30-26/h2-11,16-17H,12-15,20H2,1H3/b8-5+. The van der Waals surface area contributed by atoms with Gasteiger partial charge in [0.15, 0.2) is 0 Å². The van der Waals surface area contributed by atoms with E-state index in [1.54, 1.807) is 12.1 Å². The van der Waals surface area contributed by atoms with Gasteiger partial charge in [0.2, 0.25) is 0 Å². The van der Waals surface area contributed by atoms with Crippen molar-refractivity contribution in [2.45, 2.75) is 13.5 Å². The zero-order chi connectivity index (χ0) is 22.3. The summed E-state index contributed by atoms with van der Waals surface area (Å²) in [5, 5.41) is 18.7. The molecule has 4 rings (SSSR count). The summed E-state index contributed by atoms with van der Waals surface area (Å²) >= 11 is 0. The van der Waals surface area contributed by atoms with Crippen molar-refractivity contribution in [3.63, 3.8) is 0 Å². The third-order valence-electron chi connectivity index (χ3n) is 5.84. The smallest absolute Gasteiger partial charge is 0.0998 e.